The van der Waals surface area contributed by atoms with Crippen LogP contribution in [-0.4, -0.2) is 65.4 Å². The first-order valence-corrected chi connectivity index (χ1v) is 10.3. The minimum atomic E-state index is -0.0277. The zero-order valence-electron chi connectivity index (χ0n) is 16.8. The van der Waals surface area contributed by atoms with Gasteiger partial charge < -0.3 is 15.0 Å². The van der Waals surface area contributed by atoms with Crippen molar-refractivity contribution in [2.24, 2.45) is 11.8 Å². The molecule has 0 spiro atoms. The summed E-state index contributed by atoms with van der Waals surface area (Å²) in [5.74, 6) is 1.79. The Morgan fingerprint density at radius 3 is 2.86 bits per heavy atom. The molecular formula is C21H30N4O3. The van der Waals surface area contributed by atoms with Crippen molar-refractivity contribution in [1.82, 2.24) is 20.1 Å². The predicted molar refractivity (Wildman–Crippen MR) is 105 cm³/mol. The molecule has 1 N–H and O–H groups in total. The summed E-state index contributed by atoms with van der Waals surface area (Å²) in [5.41, 5.74) is 1.18. The fourth-order valence-electron chi connectivity index (χ4n) is 5.40. The number of fused-ring (bicyclic) bond motifs is 4. The number of hydrogen-bond acceptors (Lipinski definition) is 5. The van der Waals surface area contributed by atoms with Crippen LogP contribution in [0, 0.1) is 11.8 Å². The van der Waals surface area contributed by atoms with Crippen molar-refractivity contribution in [3.05, 3.63) is 23.9 Å². The number of nitrogens with zero attached hydrogens (tertiary/aromatic N) is 3. The lowest BCUT2D eigenvalue weighted by Gasteiger charge is -2.56. The third-order valence-corrected chi connectivity index (χ3v) is 6.55. The van der Waals surface area contributed by atoms with Crippen molar-refractivity contribution >= 4 is 11.8 Å². The number of aromatic nitrogens is 1. The highest BCUT2D eigenvalue weighted by Crippen LogP contribution is 2.41. The standard InChI is InChI=1S/C21H30N4O3/c1-14(26)22-10-19-17-8-16(18-4-3-5-21(27)25(18)19)12-24(13-17)11-15-6-7-20(28-2)23-9-15/h6-7,9,16-19H,3-5,8,10-13H2,1-2H3,(H,22,26)/t16-,17+,18+,19+/m1/s1. The van der Waals surface area contributed by atoms with Gasteiger partial charge in [0.15, 0.2) is 0 Å². The monoisotopic (exact) mass is 386 g/mol. The summed E-state index contributed by atoms with van der Waals surface area (Å²) in [4.78, 5) is 33.2. The number of nitrogens with one attached hydrogen (secondary N) is 1. The number of carbonyl (C=O) groups is 2. The molecule has 3 fully saturated rings. The minimum Gasteiger partial charge on any atom is -0.481 e. The Kier molecular flexibility index (Phi) is 5.53. The van der Waals surface area contributed by atoms with E-state index in [2.05, 4.69) is 26.2 Å². The summed E-state index contributed by atoms with van der Waals surface area (Å²) in [6.07, 6.45) is 5.74. The largest absolute Gasteiger partial charge is 0.481 e. The van der Waals surface area contributed by atoms with E-state index in [1.54, 1.807) is 14.0 Å². The van der Waals surface area contributed by atoms with Crippen LogP contribution in [0.25, 0.3) is 0 Å². The average molecular weight is 386 g/mol. The molecule has 3 aliphatic rings. The second-order valence-corrected chi connectivity index (χ2v) is 8.42. The van der Waals surface area contributed by atoms with Crippen LogP contribution in [0.3, 0.4) is 0 Å². The van der Waals surface area contributed by atoms with Crippen molar-refractivity contribution in [3.8, 4) is 5.88 Å². The Morgan fingerprint density at radius 1 is 1.32 bits per heavy atom. The molecular weight excluding hydrogens is 356 g/mol. The zero-order valence-corrected chi connectivity index (χ0v) is 16.8. The normalized spacial score (nSPS) is 29.9. The second kappa shape index (κ2) is 8.07. The molecule has 0 aromatic carbocycles. The molecule has 4 atom stereocenters. The fourth-order valence-corrected chi connectivity index (χ4v) is 5.40. The molecule has 3 aliphatic heterocycles. The van der Waals surface area contributed by atoms with Gasteiger partial charge in [-0.05, 0) is 36.7 Å². The minimum absolute atomic E-state index is 0.0277. The number of carbonyl (C=O) groups excluding carboxylic acids is 2. The van der Waals surface area contributed by atoms with Crippen LogP contribution < -0.4 is 10.1 Å². The van der Waals surface area contributed by atoms with Gasteiger partial charge in [0.1, 0.15) is 0 Å². The number of likely N-dealkylation sites (tertiary alicyclic amines) is 1. The Bertz CT molecular complexity index is 723. The van der Waals surface area contributed by atoms with E-state index in [-0.39, 0.29) is 17.9 Å². The lowest BCUT2D eigenvalue weighted by atomic mass is 9.72. The Hall–Kier alpha value is -2.15. The third kappa shape index (κ3) is 3.85. The summed E-state index contributed by atoms with van der Waals surface area (Å²) in [6, 6.07) is 4.39. The summed E-state index contributed by atoms with van der Waals surface area (Å²) in [6.45, 7) is 4.93. The average Bonchev–Trinajstić information content (AvgIpc) is 2.69. The first-order chi connectivity index (χ1) is 13.5. The van der Waals surface area contributed by atoms with Gasteiger partial charge in [0.25, 0.3) is 0 Å². The lowest BCUT2D eigenvalue weighted by molar-refractivity contribution is -0.153. The van der Waals surface area contributed by atoms with Crippen LogP contribution in [0.15, 0.2) is 18.3 Å². The van der Waals surface area contributed by atoms with Crippen molar-refractivity contribution in [2.45, 2.75) is 51.2 Å². The van der Waals surface area contributed by atoms with Gasteiger partial charge in [-0.25, -0.2) is 4.98 Å². The van der Waals surface area contributed by atoms with Crippen LogP contribution in [0.2, 0.25) is 0 Å². The number of ether oxygens (including phenoxy) is 1. The maximum absolute atomic E-state index is 12.7. The van der Waals surface area contributed by atoms with E-state index in [0.717, 1.165) is 38.9 Å². The quantitative estimate of drug-likeness (QED) is 0.829. The molecule has 0 aliphatic carbocycles. The molecule has 3 saturated heterocycles. The Balaban J connectivity index is 1.51. The van der Waals surface area contributed by atoms with Crippen LogP contribution in [-0.2, 0) is 16.1 Å². The van der Waals surface area contributed by atoms with Gasteiger partial charge >= 0.3 is 0 Å². The highest BCUT2D eigenvalue weighted by Gasteiger charge is 2.49. The summed E-state index contributed by atoms with van der Waals surface area (Å²) in [7, 11) is 1.63. The fraction of sp³-hybridized carbons (Fsp3) is 0.667. The molecule has 2 amide bonds. The zero-order chi connectivity index (χ0) is 19.7. The highest BCUT2D eigenvalue weighted by atomic mass is 16.5. The molecule has 1 aromatic heterocycles. The van der Waals surface area contributed by atoms with E-state index in [4.69, 9.17) is 4.74 Å². The molecule has 0 saturated carbocycles. The smallest absolute Gasteiger partial charge is 0.223 e. The molecule has 0 unspecified atom stereocenters. The van der Waals surface area contributed by atoms with E-state index in [0.29, 0.717) is 36.7 Å². The first kappa shape index (κ1) is 19.2. The first-order valence-electron chi connectivity index (χ1n) is 10.3. The molecule has 7 nitrogen and oxygen atoms in total. The number of hydrogen-bond donors (Lipinski definition) is 1. The van der Waals surface area contributed by atoms with Crippen LogP contribution in [0.5, 0.6) is 5.88 Å². The number of pyridine rings is 1. The maximum Gasteiger partial charge on any atom is 0.223 e. The second-order valence-electron chi connectivity index (χ2n) is 8.42. The third-order valence-electron chi connectivity index (χ3n) is 6.55. The molecule has 2 bridgehead atoms. The summed E-state index contributed by atoms with van der Waals surface area (Å²) < 4.78 is 5.15. The van der Waals surface area contributed by atoms with Crippen molar-refractivity contribution < 1.29 is 14.3 Å². The van der Waals surface area contributed by atoms with Gasteiger partial charge in [-0.3, -0.25) is 14.5 Å². The SMILES string of the molecule is COc1ccc(CN2C[C@H]3C[C@@H](C2)[C@H](CNC(C)=O)N2C(=O)CCC[C@@H]32)cn1. The molecule has 1 aromatic rings. The Morgan fingerprint density at radius 2 is 2.14 bits per heavy atom. The van der Waals surface area contributed by atoms with Crippen LogP contribution in [0.4, 0.5) is 0 Å². The van der Waals surface area contributed by atoms with E-state index in [1.165, 1.54) is 5.56 Å². The molecule has 152 valence electrons. The molecule has 0 radical (unpaired) electrons. The van der Waals surface area contributed by atoms with E-state index >= 15 is 0 Å². The molecule has 4 heterocycles. The van der Waals surface area contributed by atoms with Gasteiger partial charge in [-0.2, -0.15) is 0 Å². The van der Waals surface area contributed by atoms with E-state index < -0.39 is 0 Å². The van der Waals surface area contributed by atoms with Crippen molar-refractivity contribution in [1.29, 1.82) is 0 Å². The van der Waals surface area contributed by atoms with Crippen molar-refractivity contribution in [2.75, 3.05) is 26.7 Å². The van der Waals surface area contributed by atoms with Crippen LogP contribution >= 0.6 is 0 Å². The topological polar surface area (TPSA) is 74.8 Å². The Labute approximate surface area is 166 Å². The molecule has 28 heavy (non-hydrogen) atoms. The number of rotatable bonds is 5. The van der Waals surface area contributed by atoms with Gasteiger partial charge in [0.2, 0.25) is 17.7 Å². The van der Waals surface area contributed by atoms with Crippen molar-refractivity contribution in [3.63, 3.8) is 0 Å². The number of methoxy groups -OCH3 is 1. The predicted octanol–water partition coefficient (Wildman–Crippen LogP) is 1.43. The van der Waals surface area contributed by atoms with Gasteiger partial charge in [-0.15, -0.1) is 0 Å². The molecule has 4 rings (SSSR count). The van der Waals surface area contributed by atoms with Crippen LogP contribution in [0.1, 0.15) is 38.2 Å². The number of piperidine rings is 3. The highest BCUT2D eigenvalue weighted by molar-refractivity contribution is 5.78. The van der Waals surface area contributed by atoms with Gasteiger partial charge in [0, 0.05) is 57.8 Å². The lowest BCUT2D eigenvalue weighted by Crippen LogP contribution is -2.66. The van der Waals surface area contributed by atoms with E-state index in [9.17, 15) is 9.59 Å². The summed E-state index contributed by atoms with van der Waals surface area (Å²) >= 11 is 0. The summed E-state index contributed by atoms with van der Waals surface area (Å²) in [5, 5.41) is 2.97. The van der Waals surface area contributed by atoms with Gasteiger partial charge in [-0.1, -0.05) is 6.07 Å². The number of amides is 2. The maximum atomic E-state index is 12.7. The molecule has 7 heteroatoms. The van der Waals surface area contributed by atoms with Gasteiger partial charge in [0.05, 0.1) is 13.2 Å². The van der Waals surface area contributed by atoms with E-state index in [1.807, 2.05) is 12.3 Å².